The molecular weight excluding hydrogens is 426 g/mol. The van der Waals surface area contributed by atoms with Crippen molar-refractivity contribution >= 4 is 33.2 Å². The highest BCUT2D eigenvalue weighted by Gasteiger charge is 2.39. The first-order chi connectivity index (χ1) is 15.2. The predicted molar refractivity (Wildman–Crippen MR) is 124 cm³/mol. The van der Waals surface area contributed by atoms with Gasteiger partial charge in [-0.25, -0.2) is 13.1 Å². The summed E-state index contributed by atoms with van der Waals surface area (Å²) < 4.78 is 28.0. The Morgan fingerprint density at radius 2 is 1.84 bits per heavy atom. The van der Waals surface area contributed by atoms with Gasteiger partial charge < -0.3 is 10.2 Å². The average Bonchev–Trinajstić information content (AvgIpc) is 3.52. The first-order valence-electron chi connectivity index (χ1n) is 11.0. The van der Waals surface area contributed by atoms with Gasteiger partial charge in [0.05, 0.1) is 4.90 Å². The van der Waals surface area contributed by atoms with E-state index in [-0.39, 0.29) is 41.6 Å². The fourth-order valence-corrected chi connectivity index (χ4v) is 5.18. The van der Waals surface area contributed by atoms with Crippen LogP contribution in [0.3, 0.4) is 0 Å². The SMILES string of the molecule is Cc1ccc(C)c(NC(=O)CCNS(=O)(=O)c2ccc3c(c2)CC(C)N3C(=O)C2CC2)c1. The smallest absolute Gasteiger partial charge is 0.240 e. The van der Waals surface area contributed by atoms with Crippen molar-refractivity contribution in [3.8, 4) is 0 Å². The minimum Gasteiger partial charge on any atom is -0.326 e. The molecule has 1 atom stereocenters. The minimum atomic E-state index is -3.76. The Morgan fingerprint density at radius 3 is 2.56 bits per heavy atom. The molecule has 1 unspecified atom stereocenters. The molecule has 32 heavy (non-hydrogen) atoms. The van der Waals surface area contributed by atoms with Crippen molar-refractivity contribution in [2.75, 3.05) is 16.8 Å². The van der Waals surface area contributed by atoms with E-state index in [9.17, 15) is 18.0 Å². The van der Waals surface area contributed by atoms with E-state index in [0.717, 1.165) is 40.9 Å². The lowest BCUT2D eigenvalue weighted by Crippen LogP contribution is -2.36. The van der Waals surface area contributed by atoms with Gasteiger partial charge >= 0.3 is 0 Å². The van der Waals surface area contributed by atoms with Gasteiger partial charge in [-0.05, 0) is 81.0 Å². The monoisotopic (exact) mass is 455 g/mol. The van der Waals surface area contributed by atoms with Crippen LogP contribution in [-0.2, 0) is 26.0 Å². The van der Waals surface area contributed by atoms with E-state index < -0.39 is 10.0 Å². The van der Waals surface area contributed by atoms with E-state index in [2.05, 4.69) is 10.0 Å². The molecule has 0 saturated heterocycles. The summed E-state index contributed by atoms with van der Waals surface area (Å²) in [6.45, 7) is 5.84. The molecule has 1 heterocycles. The highest BCUT2D eigenvalue weighted by molar-refractivity contribution is 7.89. The third-order valence-corrected chi connectivity index (χ3v) is 7.51. The number of nitrogens with one attached hydrogen (secondary N) is 2. The third-order valence-electron chi connectivity index (χ3n) is 6.05. The van der Waals surface area contributed by atoms with Crippen molar-refractivity contribution < 1.29 is 18.0 Å². The van der Waals surface area contributed by atoms with Crippen molar-refractivity contribution in [3.05, 3.63) is 53.1 Å². The summed E-state index contributed by atoms with van der Waals surface area (Å²) in [6, 6.07) is 10.7. The van der Waals surface area contributed by atoms with Gasteiger partial charge in [0, 0.05) is 36.3 Å². The maximum atomic E-state index is 12.8. The molecule has 2 aliphatic rings. The van der Waals surface area contributed by atoms with E-state index in [1.165, 1.54) is 6.07 Å². The quantitative estimate of drug-likeness (QED) is 0.670. The van der Waals surface area contributed by atoms with Crippen LogP contribution in [0.1, 0.15) is 42.9 Å². The Balaban J connectivity index is 1.38. The summed E-state index contributed by atoms with van der Waals surface area (Å²) >= 11 is 0. The van der Waals surface area contributed by atoms with E-state index in [4.69, 9.17) is 0 Å². The summed E-state index contributed by atoms with van der Waals surface area (Å²) in [5, 5.41) is 2.83. The molecule has 2 aromatic rings. The summed E-state index contributed by atoms with van der Waals surface area (Å²) in [6.07, 6.45) is 2.53. The first kappa shape index (κ1) is 22.5. The molecule has 0 spiro atoms. The van der Waals surface area contributed by atoms with E-state index in [0.29, 0.717) is 6.42 Å². The number of hydrogen-bond donors (Lipinski definition) is 2. The molecule has 0 bridgehead atoms. The second-order valence-electron chi connectivity index (χ2n) is 8.84. The summed E-state index contributed by atoms with van der Waals surface area (Å²) in [4.78, 5) is 26.8. The Kier molecular flexibility index (Phi) is 6.09. The second kappa shape index (κ2) is 8.67. The van der Waals surface area contributed by atoms with Crippen molar-refractivity contribution in [2.45, 2.75) is 57.4 Å². The highest BCUT2D eigenvalue weighted by atomic mass is 32.2. The molecule has 7 nitrogen and oxygen atoms in total. The summed E-state index contributed by atoms with van der Waals surface area (Å²) in [5.74, 6) is 0.00135. The molecule has 1 fully saturated rings. The fraction of sp³-hybridized carbons (Fsp3) is 0.417. The van der Waals surface area contributed by atoms with Crippen molar-refractivity contribution in [1.29, 1.82) is 0 Å². The number of nitrogens with zero attached hydrogens (tertiary/aromatic N) is 1. The number of fused-ring (bicyclic) bond motifs is 1. The van der Waals surface area contributed by atoms with E-state index >= 15 is 0 Å². The second-order valence-corrected chi connectivity index (χ2v) is 10.6. The lowest BCUT2D eigenvalue weighted by Gasteiger charge is -2.22. The van der Waals surface area contributed by atoms with Crippen molar-refractivity contribution in [1.82, 2.24) is 4.72 Å². The zero-order valence-corrected chi connectivity index (χ0v) is 19.5. The summed E-state index contributed by atoms with van der Waals surface area (Å²) in [7, 11) is -3.76. The van der Waals surface area contributed by atoms with E-state index in [1.54, 1.807) is 12.1 Å². The van der Waals surface area contributed by atoms with Crippen LogP contribution in [0.15, 0.2) is 41.3 Å². The number of anilines is 2. The van der Waals surface area contributed by atoms with Gasteiger partial charge in [-0.15, -0.1) is 0 Å². The van der Waals surface area contributed by atoms with Crippen LogP contribution in [0, 0.1) is 19.8 Å². The van der Waals surface area contributed by atoms with Gasteiger partial charge in [0.2, 0.25) is 21.8 Å². The molecule has 2 aromatic carbocycles. The van der Waals surface area contributed by atoms with Gasteiger partial charge in [0.1, 0.15) is 0 Å². The number of rotatable bonds is 7. The van der Waals surface area contributed by atoms with Crippen LogP contribution in [0.5, 0.6) is 0 Å². The standard InChI is InChI=1S/C24H29N3O4S/c1-15-4-5-16(2)21(12-15)26-23(28)10-11-25-32(30,31)20-8-9-22-19(14-20)13-17(3)27(22)24(29)18-6-7-18/h4-5,8-9,12,14,17-18,25H,6-7,10-11,13H2,1-3H3,(H,26,28). The first-order valence-corrected chi connectivity index (χ1v) is 12.5. The van der Waals surface area contributed by atoms with Gasteiger partial charge in [-0.2, -0.15) is 0 Å². The number of carbonyl (C=O) groups is 2. The number of amides is 2. The Labute approximate surface area is 189 Å². The van der Waals surface area contributed by atoms with Crippen molar-refractivity contribution in [3.63, 3.8) is 0 Å². The normalized spacial score (nSPS) is 17.8. The number of carbonyl (C=O) groups excluding carboxylic acids is 2. The Hall–Kier alpha value is -2.71. The maximum absolute atomic E-state index is 12.8. The maximum Gasteiger partial charge on any atom is 0.240 e. The topological polar surface area (TPSA) is 95.6 Å². The van der Waals surface area contributed by atoms with Crippen molar-refractivity contribution in [2.24, 2.45) is 5.92 Å². The number of benzene rings is 2. The predicted octanol–water partition coefficient (Wildman–Crippen LogP) is 3.30. The molecule has 4 rings (SSSR count). The van der Waals surface area contributed by atoms with Gasteiger partial charge in [0.25, 0.3) is 0 Å². The Morgan fingerprint density at radius 1 is 1.09 bits per heavy atom. The lowest BCUT2D eigenvalue weighted by atomic mass is 10.1. The zero-order valence-electron chi connectivity index (χ0n) is 18.6. The molecule has 0 radical (unpaired) electrons. The zero-order chi connectivity index (χ0) is 23.0. The molecule has 1 aliphatic heterocycles. The minimum absolute atomic E-state index is 0.00118. The van der Waals surface area contributed by atoms with E-state index in [1.807, 2.05) is 43.9 Å². The fourth-order valence-electron chi connectivity index (χ4n) is 4.10. The molecule has 170 valence electrons. The largest absolute Gasteiger partial charge is 0.326 e. The number of sulfonamides is 1. The van der Waals surface area contributed by atoms with Crippen LogP contribution in [0.2, 0.25) is 0 Å². The van der Waals surface area contributed by atoms with Crippen LogP contribution in [0.4, 0.5) is 11.4 Å². The van der Waals surface area contributed by atoms with Gasteiger partial charge in [0.15, 0.2) is 0 Å². The molecular formula is C24H29N3O4S. The third kappa shape index (κ3) is 4.71. The number of aryl methyl sites for hydroxylation is 2. The molecule has 2 N–H and O–H groups in total. The summed E-state index contributed by atoms with van der Waals surface area (Å²) in [5.41, 5.74) is 4.39. The molecule has 8 heteroatoms. The lowest BCUT2D eigenvalue weighted by molar-refractivity contribution is -0.120. The van der Waals surface area contributed by atoms with Crippen LogP contribution < -0.4 is 14.9 Å². The van der Waals surface area contributed by atoms with Gasteiger partial charge in [-0.1, -0.05) is 12.1 Å². The number of hydrogen-bond acceptors (Lipinski definition) is 4. The van der Waals surface area contributed by atoms with Gasteiger partial charge in [-0.3, -0.25) is 9.59 Å². The molecule has 0 aromatic heterocycles. The molecule has 2 amide bonds. The van der Waals surface area contributed by atoms with Crippen LogP contribution in [-0.4, -0.2) is 32.8 Å². The Bertz CT molecular complexity index is 1170. The molecule has 1 aliphatic carbocycles. The van der Waals surface area contributed by atoms with Crippen LogP contribution in [0.25, 0.3) is 0 Å². The van der Waals surface area contributed by atoms with Crippen LogP contribution >= 0.6 is 0 Å². The average molecular weight is 456 g/mol. The molecule has 1 saturated carbocycles. The highest BCUT2D eigenvalue weighted by Crippen LogP contribution is 2.39.